The van der Waals surface area contributed by atoms with Gasteiger partial charge in [-0.15, -0.1) is 0 Å². The van der Waals surface area contributed by atoms with Gasteiger partial charge in [0.2, 0.25) is 0 Å². The van der Waals surface area contributed by atoms with Crippen LogP contribution in [0.15, 0.2) is 42.5 Å². The smallest absolute Gasteiger partial charge is 0.255 e. The number of amides is 1. The molecular formula is C14H11Cl2NO. The van der Waals surface area contributed by atoms with Crippen LogP contribution in [0.3, 0.4) is 0 Å². The maximum Gasteiger partial charge on any atom is 0.255 e. The van der Waals surface area contributed by atoms with Gasteiger partial charge in [-0.1, -0.05) is 40.9 Å². The first-order valence-corrected chi connectivity index (χ1v) is 6.14. The molecule has 2 rings (SSSR count). The van der Waals surface area contributed by atoms with Gasteiger partial charge in [0.1, 0.15) is 0 Å². The van der Waals surface area contributed by atoms with E-state index in [1.165, 1.54) is 0 Å². The first-order chi connectivity index (χ1) is 8.54. The zero-order chi connectivity index (χ0) is 13.1. The summed E-state index contributed by atoms with van der Waals surface area (Å²) in [4.78, 5) is 12.0. The number of hydrogen-bond donors (Lipinski definition) is 1. The Kier molecular flexibility index (Phi) is 3.90. The summed E-state index contributed by atoms with van der Waals surface area (Å²) in [6.45, 7) is 1.97. The quantitative estimate of drug-likeness (QED) is 0.858. The molecule has 92 valence electrons. The Balaban J connectivity index is 2.18. The van der Waals surface area contributed by atoms with Crippen LogP contribution in [0.4, 0.5) is 5.69 Å². The van der Waals surface area contributed by atoms with Crippen LogP contribution in [0, 0.1) is 6.92 Å². The number of anilines is 1. The van der Waals surface area contributed by atoms with Crippen LogP contribution in [-0.4, -0.2) is 5.91 Å². The molecule has 2 aromatic carbocycles. The normalized spacial score (nSPS) is 10.2. The zero-order valence-electron chi connectivity index (χ0n) is 9.71. The van der Waals surface area contributed by atoms with Crippen LogP contribution < -0.4 is 5.32 Å². The van der Waals surface area contributed by atoms with Crippen molar-refractivity contribution in [3.63, 3.8) is 0 Å². The van der Waals surface area contributed by atoms with E-state index in [1.54, 1.807) is 30.3 Å². The molecule has 0 aromatic heterocycles. The maximum absolute atomic E-state index is 12.0. The molecule has 0 fully saturated rings. The lowest BCUT2D eigenvalue weighted by Gasteiger charge is -2.06. The molecular weight excluding hydrogens is 269 g/mol. The van der Waals surface area contributed by atoms with Gasteiger partial charge in [0.05, 0.1) is 0 Å². The van der Waals surface area contributed by atoms with Crippen molar-refractivity contribution >= 4 is 34.8 Å². The van der Waals surface area contributed by atoms with Crippen LogP contribution in [0.25, 0.3) is 0 Å². The molecule has 0 bridgehead atoms. The highest BCUT2D eigenvalue weighted by molar-refractivity contribution is 6.35. The van der Waals surface area contributed by atoms with Gasteiger partial charge in [-0.3, -0.25) is 4.79 Å². The molecule has 4 heteroatoms. The summed E-state index contributed by atoms with van der Waals surface area (Å²) in [6.07, 6.45) is 0. The average molecular weight is 280 g/mol. The summed E-state index contributed by atoms with van der Waals surface area (Å²) >= 11 is 11.7. The second-order valence-electron chi connectivity index (χ2n) is 3.98. The number of hydrogen-bond acceptors (Lipinski definition) is 1. The van der Waals surface area contributed by atoms with E-state index in [0.717, 1.165) is 5.56 Å². The van der Waals surface area contributed by atoms with Gasteiger partial charge in [-0.2, -0.15) is 0 Å². The number of halogens is 2. The van der Waals surface area contributed by atoms with Crippen LogP contribution in [0.2, 0.25) is 10.0 Å². The molecule has 1 amide bonds. The average Bonchev–Trinajstić information content (AvgIpc) is 2.28. The fourth-order valence-corrected chi connectivity index (χ4v) is 2.06. The van der Waals surface area contributed by atoms with Gasteiger partial charge < -0.3 is 5.32 Å². The minimum atomic E-state index is -0.187. The fourth-order valence-electron chi connectivity index (χ4n) is 1.53. The molecule has 0 saturated carbocycles. The number of carbonyl (C=O) groups excluding carboxylic acids is 1. The molecule has 18 heavy (non-hydrogen) atoms. The Morgan fingerprint density at radius 2 is 1.56 bits per heavy atom. The van der Waals surface area contributed by atoms with Crippen LogP contribution in [0.5, 0.6) is 0 Å². The van der Waals surface area contributed by atoms with E-state index in [4.69, 9.17) is 23.2 Å². The number of carbonyl (C=O) groups is 1. The lowest BCUT2D eigenvalue weighted by Crippen LogP contribution is -2.11. The van der Waals surface area contributed by atoms with Gasteiger partial charge in [0.15, 0.2) is 0 Å². The van der Waals surface area contributed by atoms with Crippen molar-refractivity contribution in [1.29, 1.82) is 0 Å². The van der Waals surface area contributed by atoms with E-state index in [2.05, 4.69) is 5.32 Å². The highest BCUT2D eigenvalue weighted by atomic mass is 35.5. The standard InChI is InChI=1S/C14H11Cl2NO/c1-9-2-4-10(5-3-9)14(18)17-13-7-11(15)6-12(16)8-13/h2-8H,1H3,(H,17,18). The van der Waals surface area contributed by atoms with Crippen molar-refractivity contribution in [2.45, 2.75) is 6.92 Å². The molecule has 2 aromatic rings. The Bertz CT molecular complexity index is 559. The van der Waals surface area contributed by atoms with E-state index in [0.29, 0.717) is 21.3 Å². The van der Waals surface area contributed by atoms with E-state index in [1.807, 2.05) is 19.1 Å². The van der Waals surface area contributed by atoms with Crippen molar-refractivity contribution < 1.29 is 4.79 Å². The molecule has 0 aliphatic carbocycles. The molecule has 0 saturated heterocycles. The first-order valence-electron chi connectivity index (χ1n) is 5.39. The predicted octanol–water partition coefficient (Wildman–Crippen LogP) is 4.55. The SMILES string of the molecule is Cc1ccc(C(=O)Nc2cc(Cl)cc(Cl)c2)cc1. The predicted molar refractivity (Wildman–Crippen MR) is 75.6 cm³/mol. The van der Waals surface area contributed by atoms with Gasteiger partial charge in [0, 0.05) is 21.3 Å². The topological polar surface area (TPSA) is 29.1 Å². The zero-order valence-corrected chi connectivity index (χ0v) is 11.2. The molecule has 0 atom stereocenters. The monoisotopic (exact) mass is 279 g/mol. The highest BCUT2D eigenvalue weighted by Gasteiger charge is 2.06. The summed E-state index contributed by atoms with van der Waals surface area (Å²) in [6, 6.07) is 12.2. The fraction of sp³-hybridized carbons (Fsp3) is 0.0714. The Morgan fingerprint density at radius 3 is 2.11 bits per heavy atom. The molecule has 0 aliphatic heterocycles. The maximum atomic E-state index is 12.0. The molecule has 2 nitrogen and oxygen atoms in total. The van der Waals surface area contributed by atoms with Crippen molar-refractivity contribution in [2.75, 3.05) is 5.32 Å². The summed E-state index contributed by atoms with van der Waals surface area (Å²) in [5.41, 5.74) is 2.28. The number of rotatable bonds is 2. The number of nitrogens with one attached hydrogen (secondary N) is 1. The van der Waals surface area contributed by atoms with Gasteiger partial charge in [0.25, 0.3) is 5.91 Å². The van der Waals surface area contributed by atoms with Gasteiger partial charge >= 0.3 is 0 Å². The summed E-state index contributed by atoms with van der Waals surface area (Å²) in [7, 11) is 0. The van der Waals surface area contributed by atoms with E-state index < -0.39 is 0 Å². The Morgan fingerprint density at radius 1 is 1.00 bits per heavy atom. The Labute approximate surface area is 116 Å². The van der Waals surface area contributed by atoms with Crippen molar-refractivity contribution in [3.8, 4) is 0 Å². The second kappa shape index (κ2) is 5.42. The van der Waals surface area contributed by atoms with Crippen LogP contribution >= 0.6 is 23.2 Å². The van der Waals surface area contributed by atoms with Crippen molar-refractivity contribution in [3.05, 3.63) is 63.6 Å². The Hall–Kier alpha value is -1.51. The molecule has 0 aliphatic rings. The molecule has 0 spiro atoms. The minimum absolute atomic E-state index is 0.187. The van der Waals surface area contributed by atoms with Gasteiger partial charge in [-0.05, 0) is 37.3 Å². The molecule has 0 radical (unpaired) electrons. The number of aryl methyl sites for hydroxylation is 1. The molecule has 1 N–H and O–H groups in total. The minimum Gasteiger partial charge on any atom is -0.322 e. The van der Waals surface area contributed by atoms with Crippen LogP contribution in [0.1, 0.15) is 15.9 Å². The first kappa shape index (κ1) is 12.9. The van der Waals surface area contributed by atoms with E-state index in [-0.39, 0.29) is 5.91 Å². The van der Waals surface area contributed by atoms with Crippen molar-refractivity contribution in [2.24, 2.45) is 0 Å². The summed E-state index contributed by atoms with van der Waals surface area (Å²) < 4.78 is 0. The third-order valence-electron chi connectivity index (χ3n) is 2.43. The van der Waals surface area contributed by atoms with E-state index >= 15 is 0 Å². The lowest BCUT2D eigenvalue weighted by molar-refractivity contribution is 0.102. The van der Waals surface area contributed by atoms with E-state index in [9.17, 15) is 4.79 Å². The third kappa shape index (κ3) is 3.25. The van der Waals surface area contributed by atoms with Gasteiger partial charge in [-0.25, -0.2) is 0 Å². The summed E-state index contributed by atoms with van der Waals surface area (Å²) in [5, 5.41) is 3.73. The highest BCUT2D eigenvalue weighted by Crippen LogP contribution is 2.22. The summed E-state index contributed by atoms with van der Waals surface area (Å²) in [5.74, 6) is -0.187. The van der Waals surface area contributed by atoms with Crippen molar-refractivity contribution in [1.82, 2.24) is 0 Å². The molecule has 0 heterocycles. The lowest BCUT2D eigenvalue weighted by atomic mass is 10.1. The largest absolute Gasteiger partial charge is 0.322 e. The third-order valence-corrected chi connectivity index (χ3v) is 2.87. The number of benzene rings is 2. The van der Waals surface area contributed by atoms with Crippen LogP contribution in [-0.2, 0) is 0 Å². The second-order valence-corrected chi connectivity index (χ2v) is 4.85. The molecule has 0 unspecified atom stereocenters.